The Balaban J connectivity index is -0.000000232. The van der Waals surface area contributed by atoms with Crippen molar-refractivity contribution in [3.63, 3.8) is 0 Å². The second kappa shape index (κ2) is 70.7. The maximum absolute atomic E-state index is 12.0. The molecule has 13 unspecified atom stereocenters. The molecule has 0 aromatic carbocycles. The molecule has 31 nitrogen and oxygen atoms in total. The summed E-state index contributed by atoms with van der Waals surface area (Å²) in [6, 6.07) is 0. The molecule has 0 radical (unpaired) electrons. The molecule has 0 spiro atoms. The van der Waals surface area contributed by atoms with Gasteiger partial charge in [-0.1, -0.05) is 247 Å². The van der Waals surface area contributed by atoms with Crippen molar-refractivity contribution in [2.45, 2.75) is 147 Å². The Morgan fingerprint density at radius 1 is 0.248 bits per heavy atom. The highest BCUT2D eigenvalue weighted by molar-refractivity contribution is 14.1. The zero-order chi connectivity index (χ0) is 83.7. The minimum Gasteiger partial charge on any atom is -0.464 e. The highest BCUT2D eigenvalue weighted by Gasteiger charge is 2.41. The molecule has 0 aromatic heterocycles. The molecule has 0 aliphatic rings. The Morgan fingerprint density at radius 3 is 0.476 bits per heavy atom. The second-order valence-electron chi connectivity index (χ2n) is 21.4. The Hall–Kier alpha value is 1.29. The van der Waals surface area contributed by atoms with Crippen LogP contribution in [-0.2, 0) is 119 Å². The SMILES string of the molecule is CC(Br)C(=O)Br.CC(Br)C(=O)OCC(COC(=O)C(C)Br)(COC(=O)C(C)Br)COC(=O)C(C)Br.CC(Br)C(=O)OCCOC(=O)C(C)Br.CC(I)C(=O)OCC(COC(=O)C(C)I)(COC(=O)C(C)I)COC(=O)C(C)I.CC(I)C(=O)OCCOC(=O)C(C)I.OCC(CO)(CO)CO.OCCO. The largest absolute Gasteiger partial charge is 0.464 e. The maximum Gasteiger partial charge on any atom is 0.319 e. The quantitative estimate of drug-likeness (QED) is 0.00833. The van der Waals surface area contributed by atoms with Crippen molar-refractivity contribution in [3.8, 4) is 0 Å². The Bertz CT molecular complexity index is 2090. The van der Waals surface area contributed by atoms with Crippen molar-refractivity contribution in [2.75, 3.05) is 119 Å². The van der Waals surface area contributed by atoms with Gasteiger partial charge in [0.25, 0.3) is 0 Å². The minimum atomic E-state index is -1.29. The van der Waals surface area contributed by atoms with Crippen LogP contribution >= 0.6 is 263 Å². The number of aliphatic hydroxyl groups excluding tert-OH is 6. The van der Waals surface area contributed by atoms with E-state index >= 15 is 0 Å². The van der Waals surface area contributed by atoms with Gasteiger partial charge in [-0.25, -0.2) is 0 Å². The molecule has 0 aromatic rings. The van der Waals surface area contributed by atoms with E-state index < -0.39 is 125 Å². The molecule has 0 aliphatic carbocycles. The smallest absolute Gasteiger partial charge is 0.319 e. The van der Waals surface area contributed by atoms with E-state index in [1.54, 1.807) is 90.0 Å². The average Bonchev–Trinajstić information content (AvgIpc) is 0.853. The van der Waals surface area contributed by atoms with Gasteiger partial charge in [0.2, 0.25) is 4.69 Å². The summed E-state index contributed by atoms with van der Waals surface area (Å²) >= 11 is 35.9. The molecule has 0 saturated heterocycles. The van der Waals surface area contributed by atoms with Gasteiger partial charge in [0, 0.05) is 0 Å². The molecule has 0 amide bonds. The van der Waals surface area contributed by atoms with Crippen LogP contribution in [0.25, 0.3) is 0 Å². The molecular weight excluding hydrogens is 2620 g/mol. The summed E-state index contributed by atoms with van der Waals surface area (Å²) in [4.78, 5) is 146. The first-order valence-electron chi connectivity index (χ1n) is 30.5. The van der Waals surface area contributed by atoms with Crippen molar-refractivity contribution in [2.24, 2.45) is 16.2 Å². The lowest BCUT2D eigenvalue weighted by Gasteiger charge is -2.32. The van der Waals surface area contributed by atoms with Gasteiger partial charge in [-0.15, -0.1) is 0 Å². The lowest BCUT2D eigenvalue weighted by molar-refractivity contribution is -0.172. The summed E-state index contributed by atoms with van der Waals surface area (Å²) in [6.07, 6.45) is 0. The van der Waals surface area contributed by atoms with Crippen molar-refractivity contribution in [1.29, 1.82) is 0 Å². The van der Waals surface area contributed by atoms with E-state index in [4.69, 9.17) is 87.5 Å². The number of rotatable bonds is 40. The van der Waals surface area contributed by atoms with Crippen molar-refractivity contribution in [3.05, 3.63) is 0 Å². The first kappa shape index (κ1) is 120. The molecule has 45 heteroatoms. The van der Waals surface area contributed by atoms with E-state index in [1.807, 2.05) is 136 Å². The molecule has 105 heavy (non-hydrogen) atoms. The Kier molecular flexibility index (Phi) is 80.5. The lowest BCUT2D eigenvalue weighted by atomic mass is 9.92. The van der Waals surface area contributed by atoms with E-state index in [9.17, 15) is 62.3 Å². The van der Waals surface area contributed by atoms with Crippen LogP contribution in [0.3, 0.4) is 0 Å². The van der Waals surface area contributed by atoms with Crippen molar-refractivity contribution in [1.82, 2.24) is 0 Å². The molecule has 618 valence electrons. The molecule has 0 aliphatic heterocycles. The van der Waals surface area contributed by atoms with E-state index in [-0.39, 0.29) is 143 Å². The standard InChI is InChI=1S/C17H24Br4O8.C17H24I4O8.C8H12Br2O4.C8H12I2O4.C5H12O4.C3H4Br2O.C2H6O2/c2*1-9(18)13(22)26-5-17(6-27-14(23)10(2)19,7-28-15(24)11(3)20)8-29-16(25)12(4)21;2*1-5(9)7(11)13-3-4-14-8(12)6(2)10;6-1-5(2-7,3-8)4-9;1-2(4)3(5)6;3-1-2-4/h2*9-12H,5-8H2,1-4H3;2*5-6H,3-4H2,1-2H3;6-9H,1-4H2;2H,1H3;3-4H,1-2H2. The fraction of sp³-hybridized carbons (Fsp3) is 0.783. The number of ether oxygens (including phenoxy) is 12. The number of hydrogen-bond donors (Lipinski definition) is 6. The van der Waals surface area contributed by atoms with Crippen LogP contribution < -0.4 is 0 Å². The summed E-state index contributed by atoms with van der Waals surface area (Å²) in [5.41, 5.74) is -3.62. The summed E-state index contributed by atoms with van der Waals surface area (Å²) in [5, 5.41) is 49.2. The van der Waals surface area contributed by atoms with E-state index in [0.717, 1.165) is 0 Å². The third-order valence-electron chi connectivity index (χ3n) is 11.0. The van der Waals surface area contributed by atoms with E-state index in [1.165, 1.54) is 0 Å². The maximum atomic E-state index is 12.0. The average molecular weight is 2710 g/mol. The second-order valence-corrected chi connectivity index (χ2v) is 43.0. The zero-order valence-electron chi connectivity index (χ0n) is 59.4. The number of halogens is 14. The molecule has 13 atom stereocenters. The van der Waals surface area contributed by atoms with Gasteiger partial charge in [0.05, 0.1) is 49.9 Å². The first-order valence-corrected chi connectivity index (χ1v) is 45.2. The molecule has 0 bridgehead atoms. The highest BCUT2D eigenvalue weighted by Crippen LogP contribution is 2.26. The first-order chi connectivity index (χ1) is 48.3. The van der Waals surface area contributed by atoms with Gasteiger partial charge in [0.1, 0.15) is 143 Å². The normalized spacial score (nSPS) is 15.4. The van der Waals surface area contributed by atoms with Gasteiger partial charge in [-0.3, -0.25) is 62.3 Å². The number of aliphatic hydroxyl groups is 6. The van der Waals surface area contributed by atoms with E-state index in [0.29, 0.717) is 0 Å². The summed E-state index contributed by atoms with van der Waals surface area (Å²) in [5.74, 6) is -5.53. The number of hydrogen-bond acceptors (Lipinski definition) is 31. The van der Waals surface area contributed by atoms with E-state index in [2.05, 4.69) is 127 Å². The minimum absolute atomic E-state index is 0.0116. The molecule has 0 heterocycles. The topological polar surface area (TPSA) is 454 Å². The van der Waals surface area contributed by atoms with Gasteiger partial charge < -0.3 is 87.5 Å². The van der Waals surface area contributed by atoms with Crippen molar-refractivity contribution < 1.29 is 150 Å². The van der Waals surface area contributed by atoms with Crippen LogP contribution in [0.2, 0.25) is 0 Å². The summed E-state index contributed by atoms with van der Waals surface area (Å²) in [6.45, 7) is 17.9. The number of carbonyl (C=O) groups excluding carboxylic acids is 13. The fourth-order valence-electron chi connectivity index (χ4n) is 4.54. The van der Waals surface area contributed by atoms with Gasteiger partial charge in [0.15, 0.2) is 0 Å². The summed E-state index contributed by atoms with van der Waals surface area (Å²) in [7, 11) is 0. The molecule has 0 saturated carbocycles. The third-order valence-corrected chi connectivity index (χ3v) is 18.0. The molecular formula is C60H94Br8I6O31. The van der Waals surface area contributed by atoms with Crippen LogP contribution in [0.15, 0.2) is 0 Å². The van der Waals surface area contributed by atoms with Crippen LogP contribution in [-0.4, -0.2) is 283 Å². The van der Waals surface area contributed by atoms with Crippen molar-refractivity contribution >= 4 is 339 Å². The van der Waals surface area contributed by atoms with Crippen LogP contribution in [0.1, 0.15) is 90.0 Å². The predicted octanol–water partition coefficient (Wildman–Crippen LogP) is 8.68. The van der Waals surface area contributed by atoms with Gasteiger partial charge in [-0.2, -0.15) is 0 Å². The third kappa shape index (κ3) is 68.3. The van der Waals surface area contributed by atoms with Crippen LogP contribution in [0, 0.1) is 16.2 Å². The predicted molar refractivity (Wildman–Crippen MR) is 465 cm³/mol. The Labute approximate surface area is 761 Å². The summed E-state index contributed by atoms with van der Waals surface area (Å²) < 4.78 is 59.4. The van der Waals surface area contributed by atoms with Crippen LogP contribution in [0.5, 0.6) is 0 Å². The lowest BCUT2D eigenvalue weighted by Crippen LogP contribution is -2.45. The number of carbonyl (C=O) groups is 13. The fourth-order valence-corrected chi connectivity index (χ4v) is 6.41. The highest BCUT2D eigenvalue weighted by atomic mass is 127. The Morgan fingerprint density at radius 2 is 0.371 bits per heavy atom. The molecule has 0 rings (SSSR count). The zero-order valence-corrected chi connectivity index (χ0v) is 85.0. The molecule has 0 fully saturated rings. The van der Waals surface area contributed by atoms with Gasteiger partial charge in [-0.05, 0) is 106 Å². The van der Waals surface area contributed by atoms with Crippen LogP contribution in [0.4, 0.5) is 0 Å². The number of esters is 12. The number of alkyl halides is 13. The van der Waals surface area contributed by atoms with Gasteiger partial charge >= 0.3 is 71.6 Å². The monoisotopic (exact) mass is 2700 g/mol. The molecule has 6 N–H and O–H groups in total.